The van der Waals surface area contributed by atoms with Crippen LogP contribution in [-0.2, 0) is 13.5 Å². The summed E-state index contributed by atoms with van der Waals surface area (Å²) in [5.74, 6) is 1.26. The van der Waals surface area contributed by atoms with E-state index in [2.05, 4.69) is 10.4 Å². The second-order valence-electron chi connectivity index (χ2n) is 5.74. The minimum absolute atomic E-state index is 0.144. The molecule has 0 saturated carbocycles. The second kappa shape index (κ2) is 5.95. The summed E-state index contributed by atoms with van der Waals surface area (Å²) < 4.78 is 13.1. The zero-order valence-corrected chi connectivity index (χ0v) is 13.8. The molecule has 122 valence electrons. The van der Waals surface area contributed by atoms with Gasteiger partial charge in [-0.25, -0.2) is 0 Å². The predicted molar refractivity (Wildman–Crippen MR) is 87.3 cm³/mol. The van der Waals surface area contributed by atoms with Crippen molar-refractivity contribution in [3.63, 3.8) is 0 Å². The smallest absolute Gasteiger partial charge is 0.259 e. The number of benzene rings is 1. The first-order valence-electron chi connectivity index (χ1n) is 7.76. The number of amides is 1. The molecule has 1 aliphatic heterocycles. The Morgan fingerprint density at radius 3 is 2.96 bits per heavy atom. The van der Waals surface area contributed by atoms with Crippen LogP contribution < -0.4 is 14.8 Å². The van der Waals surface area contributed by atoms with Crippen LogP contribution in [0.1, 0.15) is 35.5 Å². The van der Waals surface area contributed by atoms with Crippen molar-refractivity contribution in [1.29, 1.82) is 0 Å². The Morgan fingerprint density at radius 2 is 2.30 bits per heavy atom. The van der Waals surface area contributed by atoms with E-state index in [1.807, 2.05) is 40.0 Å². The van der Waals surface area contributed by atoms with E-state index in [1.165, 1.54) is 0 Å². The van der Waals surface area contributed by atoms with Crippen molar-refractivity contribution in [1.82, 2.24) is 9.78 Å². The molecule has 0 saturated heterocycles. The van der Waals surface area contributed by atoms with Crippen LogP contribution in [0.25, 0.3) is 0 Å². The minimum Gasteiger partial charge on any atom is -0.492 e. The number of anilines is 1. The summed E-state index contributed by atoms with van der Waals surface area (Å²) in [6.07, 6.45) is 2.56. The third kappa shape index (κ3) is 2.88. The molecule has 2 heterocycles. The molecule has 2 aromatic rings. The van der Waals surface area contributed by atoms with Crippen LogP contribution in [0.5, 0.6) is 11.5 Å². The van der Waals surface area contributed by atoms with Crippen molar-refractivity contribution >= 4 is 11.6 Å². The summed E-state index contributed by atoms with van der Waals surface area (Å²) in [6.45, 7) is 6.34. The van der Waals surface area contributed by atoms with E-state index in [0.29, 0.717) is 23.6 Å². The van der Waals surface area contributed by atoms with Gasteiger partial charge in [0.05, 0.1) is 24.1 Å². The van der Waals surface area contributed by atoms with Gasteiger partial charge in [0.25, 0.3) is 5.91 Å². The molecular weight excluding hydrogens is 294 g/mol. The van der Waals surface area contributed by atoms with Crippen LogP contribution in [-0.4, -0.2) is 28.4 Å². The maximum Gasteiger partial charge on any atom is 0.259 e. The summed E-state index contributed by atoms with van der Waals surface area (Å²) >= 11 is 0. The van der Waals surface area contributed by atoms with Crippen molar-refractivity contribution in [2.45, 2.75) is 33.3 Å². The van der Waals surface area contributed by atoms with Gasteiger partial charge in [0.15, 0.2) is 0 Å². The maximum absolute atomic E-state index is 12.5. The number of hydrogen-bond donors (Lipinski definition) is 1. The largest absolute Gasteiger partial charge is 0.492 e. The highest BCUT2D eigenvalue weighted by atomic mass is 16.5. The van der Waals surface area contributed by atoms with E-state index in [4.69, 9.17) is 9.47 Å². The van der Waals surface area contributed by atoms with Crippen molar-refractivity contribution in [3.8, 4) is 11.5 Å². The molecule has 0 spiro atoms. The summed E-state index contributed by atoms with van der Waals surface area (Å²) in [5, 5.41) is 7.02. The first-order chi connectivity index (χ1) is 11.0. The summed E-state index contributed by atoms with van der Waals surface area (Å²) in [6, 6.07) is 3.79. The molecule has 6 heteroatoms. The summed E-state index contributed by atoms with van der Waals surface area (Å²) in [7, 11) is 1.81. The van der Waals surface area contributed by atoms with Gasteiger partial charge in [-0.2, -0.15) is 5.10 Å². The topological polar surface area (TPSA) is 65.4 Å². The van der Waals surface area contributed by atoms with Gasteiger partial charge in [-0.1, -0.05) is 0 Å². The van der Waals surface area contributed by atoms with Gasteiger partial charge >= 0.3 is 0 Å². The van der Waals surface area contributed by atoms with Crippen molar-refractivity contribution in [3.05, 3.63) is 35.2 Å². The Morgan fingerprint density at radius 1 is 1.52 bits per heavy atom. The molecule has 0 radical (unpaired) electrons. The van der Waals surface area contributed by atoms with Crippen molar-refractivity contribution < 1.29 is 14.3 Å². The van der Waals surface area contributed by atoms with Gasteiger partial charge in [-0.3, -0.25) is 9.48 Å². The average Bonchev–Trinajstić information content (AvgIpc) is 3.02. The normalized spacial score (nSPS) is 15.9. The molecule has 1 aliphatic rings. The lowest BCUT2D eigenvalue weighted by Crippen LogP contribution is -2.14. The highest BCUT2D eigenvalue weighted by Gasteiger charge is 2.23. The molecule has 1 N–H and O–H groups in total. The lowest BCUT2D eigenvalue weighted by atomic mass is 10.1. The van der Waals surface area contributed by atoms with E-state index in [9.17, 15) is 4.79 Å². The number of aryl methyl sites for hydroxylation is 1. The zero-order chi connectivity index (χ0) is 16.6. The Labute approximate surface area is 135 Å². The van der Waals surface area contributed by atoms with Crippen LogP contribution in [0, 0.1) is 6.92 Å². The number of nitrogens with one attached hydrogen (secondary N) is 1. The molecule has 0 fully saturated rings. The van der Waals surface area contributed by atoms with Crippen LogP contribution in [0.2, 0.25) is 0 Å². The quantitative estimate of drug-likeness (QED) is 0.942. The number of fused-ring (bicyclic) bond motifs is 1. The lowest BCUT2D eigenvalue weighted by molar-refractivity contribution is 0.102. The average molecular weight is 315 g/mol. The van der Waals surface area contributed by atoms with Crippen LogP contribution in [0.15, 0.2) is 18.3 Å². The molecule has 23 heavy (non-hydrogen) atoms. The number of aromatic nitrogens is 2. The van der Waals surface area contributed by atoms with Crippen molar-refractivity contribution in [2.24, 2.45) is 7.05 Å². The summed E-state index contributed by atoms with van der Waals surface area (Å²) in [4.78, 5) is 12.5. The van der Waals surface area contributed by atoms with E-state index >= 15 is 0 Å². The third-order valence-corrected chi connectivity index (χ3v) is 4.03. The van der Waals surface area contributed by atoms with E-state index in [0.717, 1.165) is 23.4 Å². The molecule has 0 bridgehead atoms. The van der Waals surface area contributed by atoms with Gasteiger partial charge in [0, 0.05) is 30.8 Å². The molecule has 6 nitrogen and oxygen atoms in total. The maximum atomic E-state index is 12.5. The monoisotopic (exact) mass is 315 g/mol. The zero-order valence-electron chi connectivity index (χ0n) is 13.8. The molecular formula is C17H21N3O3. The number of carbonyl (C=O) groups is 1. The van der Waals surface area contributed by atoms with Gasteiger partial charge in [-0.05, 0) is 26.8 Å². The van der Waals surface area contributed by atoms with Crippen LogP contribution in [0.3, 0.4) is 0 Å². The van der Waals surface area contributed by atoms with Crippen LogP contribution >= 0.6 is 0 Å². The minimum atomic E-state index is -0.206. The fraction of sp³-hybridized carbons (Fsp3) is 0.412. The number of hydrogen-bond acceptors (Lipinski definition) is 4. The molecule has 1 atom stereocenters. The van der Waals surface area contributed by atoms with Gasteiger partial charge in [0.1, 0.15) is 17.6 Å². The SMILES string of the molecule is CCOc1cc2c(cc1NC(=O)c1cnn(C)c1C)O[C@H](C)C2. The number of nitrogens with zero attached hydrogens (tertiary/aromatic N) is 2. The number of carbonyl (C=O) groups excluding carboxylic acids is 1. The highest BCUT2D eigenvalue weighted by Crippen LogP contribution is 2.38. The number of rotatable bonds is 4. The lowest BCUT2D eigenvalue weighted by Gasteiger charge is -2.13. The van der Waals surface area contributed by atoms with Crippen molar-refractivity contribution in [2.75, 3.05) is 11.9 Å². The standard InChI is InChI=1S/C17H21N3O3/c1-5-22-16-7-12-6-10(2)23-15(12)8-14(16)19-17(21)13-9-18-20(4)11(13)3/h7-10H,5-6H2,1-4H3,(H,19,21)/t10-/m1/s1. The molecule has 0 unspecified atom stereocenters. The second-order valence-corrected chi connectivity index (χ2v) is 5.74. The van der Waals surface area contributed by atoms with Gasteiger partial charge in [-0.15, -0.1) is 0 Å². The van der Waals surface area contributed by atoms with E-state index in [1.54, 1.807) is 10.9 Å². The first-order valence-corrected chi connectivity index (χ1v) is 7.76. The molecule has 1 amide bonds. The fourth-order valence-corrected chi connectivity index (χ4v) is 2.72. The highest BCUT2D eigenvalue weighted by molar-refractivity contribution is 6.05. The Kier molecular flexibility index (Phi) is 3.98. The third-order valence-electron chi connectivity index (χ3n) is 4.03. The molecule has 1 aromatic heterocycles. The molecule has 0 aliphatic carbocycles. The molecule has 1 aromatic carbocycles. The van der Waals surface area contributed by atoms with Gasteiger partial charge < -0.3 is 14.8 Å². The Balaban J connectivity index is 1.91. The first kappa shape index (κ1) is 15.4. The Bertz CT molecular complexity index is 752. The van der Waals surface area contributed by atoms with E-state index in [-0.39, 0.29) is 12.0 Å². The molecule has 3 rings (SSSR count). The van der Waals surface area contributed by atoms with Crippen LogP contribution in [0.4, 0.5) is 5.69 Å². The van der Waals surface area contributed by atoms with E-state index < -0.39 is 0 Å². The predicted octanol–water partition coefficient (Wildman–Crippen LogP) is 2.70. The number of ether oxygens (including phenoxy) is 2. The summed E-state index contributed by atoms with van der Waals surface area (Å²) in [5.41, 5.74) is 3.08. The fourth-order valence-electron chi connectivity index (χ4n) is 2.72. The van der Waals surface area contributed by atoms with Gasteiger partial charge in [0.2, 0.25) is 0 Å². The Hall–Kier alpha value is -2.50.